The highest BCUT2D eigenvalue weighted by atomic mass is 16.3. The van der Waals surface area contributed by atoms with Gasteiger partial charge in [0.1, 0.15) is 23.1 Å². The fraction of sp³-hybridized carbons (Fsp3) is 0.250. The van der Waals surface area contributed by atoms with E-state index < -0.39 is 0 Å². The van der Waals surface area contributed by atoms with Gasteiger partial charge in [-0.05, 0) is 6.92 Å². The molecule has 0 atom stereocenters. The molecule has 0 fully saturated rings. The first-order chi connectivity index (χ1) is 5.57. The van der Waals surface area contributed by atoms with Crippen LogP contribution in [0.4, 0.5) is 5.69 Å². The number of aryl methyl sites for hydroxylation is 1. The maximum absolute atomic E-state index is 10.9. The molecule has 0 amide bonds. The second-order valence-electron chi connectivity index (χ2n) is 2.44. The molecule has 0 aromatic carbocycles. The van der Waals surface area contributed by atoms with Crippen molar-refractivity contribution >= 4 is 11.5 Å². The van der Waals surface area contributed by atoms with E-state index in [2.05, 4.69) is 0 Å². The summed E-state index contributed by atoms with van der Waals surface area (Å²) in [7, 11) is 0. The third-order valence-electron chi connectivity index (χ3n) is 1.55. The van der Waals surface area contributed by atoms with Crippen molar-refractivity contribution in [1.82, 2.24) is 0 Å². The number of Topliss-reactive ketones (excluding diaryl/α,β-unsaturated/α-hetero) is 1. The molecule has 4 nitrogen and oxygen atoms in total. The SMILES string of the molecule is CC(=O)c1oc(C)c(C#N)c1N. The highest BCUT2D eigenvalue weighted by Crippen LogP contribution is 2.23. The van der Waals surface area contributed by atoms with E-state index in [-0.39, 0.29) is 22.8 Å². The van der Waals surface area contributed by atoms with E-state index in [1.165, 1.54) is 6.92 Å². The minimum atomic E-state index is -0.267. The standard InChI is InChI=1S/C8H8N2O2/c1-4(11)8-7(10)6(3-9)5(2)12-8/h10H2,1-2H3. The number of nitriles is 1. The summed E-state index contributed by atoms with van der Waals surface area (Å²) in [5.41, 5.74) is 5.87. The molecule has 0 radical (unpaired) electrons. The summed E-state index contributed by atoms with van der Waals surface area (Å²) in [6.07, 6.45) is 0. The van der Waals surface area contributed by atoms with Crippen LogP contribution < -0.4 is 5.73 Å². The Morgan fingerprint density at radius 1 is 1.67 bits per heavy atom. The van der Waals surface area contributed by atoms with Gasteiger partial charge >= 0.3 is 0 Å². The number of carbonyl (C=O) groups is 1. The summed E-state index contributed by atoms with van der Waals surface area (Å²) in [6.45, 7) is 2.94. The van der Waals surface area contributed by atoms with Gasteiger partial charge in [0, 0.05) is 6.92 Å². The van der Waals surface area contributed by atoms with Gasteiger partial charge in [0.25, 0.3) is 0 Å². The van der Waals surface area contributed by atoms with Crippen LogP contribution in [0.3, 0.4) is 0 Å². The van der Waals surface area contributed by atoms with Crippen molar-refractivity contribution in [2.24, 2.45) is 0 Å². The van der Waals surface area contributed by atoms with Crippen molar-refractivity contribution in [1.29, 1.82) is 5.26 Å². The minimum absolute atomic E-state index is 0.0732. The molecule has 62 valence electrons. The zero-order valence-electron chi connectivity index (χ0n) is 6.84. The average Bonchev–Trinajstić information content (AvgIpc) is 2.27. The summed E-state index contributed by atoms with van der Waals surface area (Å²) in [6, 6.07) is 1.87. The predicted molar refractivity (Wildman–Crippen MR) is 42.6 cm³/mol. The molecule has 0 aliphatic rings. The highest BCUT2D eigenvalue weighted by molar-refractivity contribution is 5.97. The van der Waals surface area contributed by atoms with E-state index in [1.54, 1.807) is 6.92 Å². The first kappa shape index (κ1) is 8.34. The van der Waals surface area contributed by atoms with Crippen LogP contribution in [0, 0.1) is 18.3 Å². The largest absolute Gasteiger partial charge is 0.455 e. The van der Waals surface area contributed by atoms with E-state index >= 15 is 0 Å². The number of ketones is 1. The van der Waals surface area contributed by atoms with Gasteiger partial charge in [0.05, 0.1) is 0 Å². The molecule has 0 bridgehead atoms. The van der Waals surface area contributed by atoms with Crippen LogP contribution >= 0.6 is 0 Å². The van der Waals surface area contributed by atoms with E-state index in [0.29, 0.717) is 5.76 Å². The average molecular weight is 164 g/mol. The Labute approximate surface area is 69.6 Å². The summed E-state index contributed by atoms with van der Waals surface area (Å²) in [4.78, 5) is 10.9. The van der Waals surface area contributed by atoms with Crippen LogP contribution in [0.5, 0.6) is 0 Å². The van der Waals surface area contributed by atoms with Crippen LogP contribution in [0.1, 0.15) is 28.8 Å². The molecule has 1 aromatic rings. The number of hydrogen-bond donors (Lipinski definition) is 1. The Balaban J connectivity index is 3.39. The summed E-state index contributed by atoms with van der Waals surface area (Å²) >= 11 is 0. The van der Waals surface area contributed by atoms with Crippen LogP contribution in [0.2, 0.25) is 0 Å². The quantitative estimate of drug-likeness (QED) is 0.633. The Hall–Kier alpha value is -1.76. The fourth-order valence-corrected chi connectivity index (χ4v) is 0.963. The number of carbonyl (C=O) groups excluding carboxylic acids is 1. The number of nitrogens with two attached hydrogens (primary N) is 1. The van der Waals surface area contributed by atoms with Crippen molar-refractivity contribution in [2.75, 3.05) is 5.73 Å². The molecule has 4 heteroatoms. The second kappa shape index (κ2) is 2.70. The summed E-state index contributed by atoms with van der Waals surface area (Å²) in [5, 5.41) is 8.59. The molecular weight excluding hydrogens is 156 g/mol. The minimum Gasteiger partial charge on any atom is -0.455 e. The van der Waals surface area contributed by atoms with Crippen molar-refractivity contribution in [3.63, 3.8) is 0 Å². The van der Waals surface area contributed by atoms with Crippen LogP contribution in [0.15, 0.2) is 4.42 Å². The van der Waals surface area contributed by atoms with Gasteiger partial charge in [-0.15, -0.1) is 0 Å². The first-order valence-corrected chi connectivity index (χ1v) is 3.37. The molecule has 1 heterocycles. The van der Waals surface area contributed by atoms with E-state index in [9.17, 15) is 4.79 Å². The number of anilines is 1. The Morgan fingerprint density at radius 3 is 2.50 bits per heavy atom. The molecule has 1 aromatic heterocycles. The molecular formula is C8H8N2O2. The molecule has 0 aliphatic heterocycles. The molecule has 1 rings (SSSR count). The third kappa shape index (κ3) is 1.05. The number of rotatable bonds is 1. The summed E-state index contributed by atoms with van der Waals surface area (Å²) < 4.78 is 5.00. The van der Waals surface area contributed by atoms with Crippen molar-refractivity contribution in [3.05, 3.63) is 17.1 Å². The zero-order valence-corrected chi connectivity index (χ0v) is 6.84. The van der Waals surface area contributed by atoms with E-state index in [1.807, 2.05) is 6.07 Å². The van der Waals surface area contributed by atoms with Gasteiger partial charge in [-0.3, -0.25) is 4.79 Å². The molecule has 12 heavy (non-hydrogen) atoms. The Morgan fingerprint density at radius 2 is 2.25 bits per heavy atom. The lowest BCUT2D eigenvalue weighted by Crippen LogP contribution is -1.96. The normalized spacial score (nSPS) is 9.42. The van der Waals surface area contributed by atoms with Crippen LogP contribution in [0.25, 0.3) is 0 Å². The number of nitrogens with zero attached hydrogens (tertiary/aromatic N) is 1. The monoisotopic (exact) mass is 164 g/mol. The van der Waals surface area contributed by atoms with Crippen LogP contribution in [-0.4, -0.2) is 5.78 Å². The second-order valence-corrected chi connectivity index (χ2v) is 2.44. The molecule has 0 aliphatic carbocycles. The van der Waals surface area contributed by atoms with Gasteiger partial charge in [0.2, 0.25) is 0 Å². The summed E-state index contributed by atoms with van der Waals surface area (Å²) in [5.74, 6) is 0.196. The van der Waals surface area contributed by atoms with Gasteiger partial charge < -0.3 is 10.2 Å². The van der Waals surface area contributed by atoms with Crippen molar-refractivity contribution in [2.45, 2.75) is 13.8 Å². The molecule has 0 spiro atoms. The van der Waals surface area contributed by atoms with E-state index in [4.69, 9.17) is 15.4 Å². The maximum atomic E-state index is 10.9. The number of nitrogen functional groups attached to an aromatic ring is 1. The first-order valence-electron chi connectivity index (χ1n) is 3.37. The highest BCUT2D eigenvalue weighted by Gasteiger charge is 2.17. The molecule has 0 saturated carbocycles. The van der Waals surface area contributed by atoms with Crippen LogP contribution in [-0.2, 0) is 0 Å². The lowest BCUT2D eigenvalue weighted by molar-refractivity contribution is 0.0987. The topological polar surface area (TPSA) is 80.0 Å². The smallest absolute Gasteiger partial charge is 0.197 e. The van der Waals surface area contributed by atoms with Gasteiger partial charge in [-0.1, -0.05) is 0 Å². The molecule has 0 saturated heterocycles. The number of hydrogen-bond acceptors (Lipinski definition) is 4. The zero-order chi connectivity index (χ0) is 9.30. The van der Waals surface area contributed by atoms with E-state index in [0.717, 1.165) is 0 Å². The number of furan rings is 1. The van der Waals surface area contributed by atoms with Gasteiger partial charge in [-0.25, -0.2) is 0 Å². The maximum Gasteiger partial charge on any atom is 0.197 e. The van der Waals surface area contributed by atoms with Crippen molar-refractivity contribution in [3.8, 4) is 6.07 Å². The Bertz CT molecular complexity index is 371. The Kier molecular flexibility index (Phi) is 1.88. The fourth-order valence-electron chi connectivity index (χ4n) is 0.963. The van der Waals surface area contributed by atoms with Crippen molar-refractivity contribution < 1.29 is 9.21 Å². The lowest BCUT2D eigenvalue weighted by atomic mass is 10.2. The van der Waals surface area contributed by atoms with Gasteiger partial charge in [0.15, 0.2) is 11.5 Å². The molecule has 2 N–H and O–H groups in total. The third-order valence-corrected chi connectivity index (χ3v) is 1.55. The lowest BCUT2D eigenvalue weighted by Gasteiger charge is -1.88. The predicted octanol–water partition coefficient (Wildman–Crippen LogP) is 1.24. The van der Waals surface area contributed by atoms with Gasteiger partial charge in [-0.2, -0.15) is 5.26 Å². The molecule has 0 unspecified atom stereocenters.